The predicted molar refractivity (Wildman–Crippen MR) is 106 cm³/mol. The summed E-state index contributed by atoms with van der Waals surface area (Å²) < 4.78 is 0. The lowest BCUT2D eigenvalue weighted by Crippen LogP contribution is -2.29. The number of aromatic amines is 1. The molecule has 0 fully saturated rings. The van der Waals surface area contributed by atoms with Gasteiger partial charge in [-0.25, -0.2) is 0 Å². The van der Waals surface area contributed by atoms with Gasteiger partial charge in [0.2, 0.25) is 0 Å². The van der Waals surface area contributed by atoms with Gasteiger partial charge in [0.1, 0.15) is 5.69 Å². The molecule has 0 saturated heterocycles. The van der Waals surface area contributed by atoms with E-state index in [9.17, 15) is 4.79 Å². The molecule has 0 unspecified atom stereocenters. The molecule has 3 aromatic rings. The number of rotatable bonds is 4. The highest BCUT2D eigenvalue weighted by molar-refractivity contribution is 5.98. The summed E-state index contributed by atoms with van der Waals surface area (Å²) in [6.45, 7) is 2.10. The van der Waals surface area contributed by atoms with Crippen LogP contribution in [0.2, 0.25) is 0 Å². The molecular formula is C22H23N3O. The number of carbonyl (C=O) groups excluding carboxylic acids is 1. The molecule has 4 rings (SSSR count). The van der Waals surface area contributed by atoms with Crippen molar-refractivity contribution in [3.8, 4) is 0 Å². The maximum atomic E-state index is 12.8. The van der Waals surface area contributed by atoms with E-state index in [4.69, 9.17) is 0 Å². The van der Waals surface area contributed by atoms with Gasteiger partial charge in [-0.1, -0.05) is 48.5 Å². The lowest BCUT2D eigenvalue weighted by Gasteiger charge is -2.16. The van der Waals surface area contributed by atoms with Gasteiger partial charge in [0.15, 0.2) is 0 Å². The van der Waals surface area contributed by atoms with Crippen LogP contribution in [0, 0.1) is 0 Å². The maximum absolute atomic E-state index is 12.8. The average molecular weight is 345 g/mol. The van der Waals surface area contributed by atoms with Gasteiger partial charge >= 0.3 is 0 Å². The molecule has 4 heteroatoms. The zero-order chi connectivity index (χ0) is 18.1. The molecule has 132 valence electrons. The molecule has 4 nitrogen and oxygen atoms in total. The molecule has 0 atom stereocenters. The van der Waals surface area contributed by atoms with Gasteiger partial charge in [-0.2, -0.15) is 0 Å². The first-order chi connectivity index (χ1) is 12.6. The lowest BCUT2D eigenvalue weighted by atomic mass is 9.99. The van der Waals surface area contributed by atoms with E-state index in [1.165, 1.54) is 21.9 Å². The molecule has 0 saturated carbocycles. The van der Waals surface area contributed by atoms with Crippen LogP contribution < -0.4 is 0 Å². The zero-order valence-corrected chi connectivity index (χ0v) is 15.2. The summed E-state index contributed by atoms with van der Waals surface area (Å²) in [5.41, 5.74) is 4.16. The summed E-state index contributed by atoms with van der Waals surface area (Å²) in [6.07, 6.45) is 2.17. The van der Waals surface area contributed by atoms with Crippen LogP contribution in [0.5, 0.6) is 0 Å². The first-order valence-electron chi connectivity index (χ1n) is 8.91. The number of amides is 1. The largest absolute Gasteiger partial charge is 0.353 e. The summed E-state index contributed by atoms with van der Waals surface area (Å²) in [7, 11) is 4.03. The van der Waals surface area contributed by atoms with E-state index in [-0.39, 0.29) is 5.91 Å². The van der Waals surface area contributed by atoms with Gasteiger partial charge in [0.25, 0.3) is 5.91 Å². The van der Waals surface area contributed by atoms with Crippen molar-refractivity contribution in [1.29, 1.82) is 0 Å². The van der Waals surface area contributed by atoms with E-state index in [0.717, 1.165) is 12.2 Å². The molecule has 2 aromatic carbocycles. The number of nitrogens with one attached hydrogen (secondary N) is 1. The molecule has 26 heavy (non-hydrogen) atoms. The van der Waals surface area contributed by atoms with Gasteiger partial charge in [0.05, 0.1) is 0 Å². The Bertz CT molecular complexity index is 978. The Balaban J connectivity index is 1.52. The van der Waals surface area contributed by atoms with Crippen LogP contribution in [-0.4, -0.2) is 47.9 Å². The van der Waals surface area contributed by atoms with Crippen molar-refractivity contribution in [3.63, 3.8) is 0 Å². The highest BCUT2D eigenvalue weighted by Crippen LogP contribution is 2.28. The molecule has 1 aromatic heterocycles. The summed E-state index contributed by atoms with van der Waals surface area (Å²) in [5, 5.41) is 2.47. The predicted octanol–water partition coefficient (Wildman–Crippen LogP) is 3.77. The van der Waals surface area contributed by atoms with Crippen LogP contribution in [0.1, 0.15) is 21.7 Å². The van der Waals surface area contributed by atoms with Crippen molar-refractivity contribution in [2.45, 2.75) is 6.54 Å². The summed E-state index contributed by atoms with van der Waals surface area (Å²) in [4.78, 5) is 20.1. The minimum atomic E-state index is 0.0569. The normalized spacial score (nSPS) is 14.3. The number of nitrogens with zero attached hydrogens (tertiary/aromatic N) is 2. The van der Waals surface area contributed by atoms with Gasteiger partial charge < -0.3 is 14.8 Å². The number of hydrogen-bond donors (Lipinski definition) is 1. The van der Waals surface area contributed by atoms with Crippen LogP contribution in [-0.2, 0) is 6.54 Å². The third-order valence-corrected chi connectivity index (χ3v) is 4.81. The topological polar surface area (TPSA) is 39.3 Å². The number of hydrogen-bond acceptors (Lipinski definition) is 2. The van der Waals surface area contributed by atoms with Crippen molar-refractivity contribution in [3.05, 3.63) is 77.6 Å². The fraction of sp³-hybridized carbons (Fsp3) is 0.227. The van der Waals surface area contributed by atoms with Gasteiger partial charge in [0, 0.05) is 25.3 Å². The van der Waals surface area contributed by atoms with Crippen molar-refractivity contribution in [2.75, 3.05) is 27.2 Å². The van der Waals surface area contributed by atoms with Crippen molar-refractivity contribution >= 4 is 22.3 Å². The quantitative estimate of drug-likeness (QED) is 0.782. The highest BCUT2D eigenvalue weighted by Gasteiger charge is 2.23. The smallest absolute Gasteiger partial charge is 0.270 e. The van der Waals surface area contributed by atoms with Gasteiger partial charge in [-0.15, -0.1) is 0 Å². The molecule has 1 aliphatic heterocycles. The van der Waals surface area contributed by atoms with E-state index in [1.54, 1.807) is 0 Å². The molecule has 0 spiro atoms. The Kier molecular flexibility index (Phi) is 4.35. The Morgan fingerprint density at radius 3 is 2.73 bits per heavy atom. The lowest BCUT2D eigenvalue weighted by molar-refractivity contribution is 0.0796. The van der Waals surface area contributed by atoms with E-state index < -0.39 is 0 Å². The van der Waals surface area contributed by atoms with Crippen LogP contribution in [0.3, 0.4) is 0 Å². The Hall–Kier alpha value is -2.85. The third kappa shape index (κ3) is 3.16. The van der Waals surface area contributed by atoms with Crippen LogP contribution >= 0.6 is 0 Å². The number of fused-ring (bicyclic) bond motifs is 1. The standard InChI is InChI=1S/C22H23N3O/c1-24(2)15-18-10-11-21(23-18)22(26)25-13-12-17(14-25)20-9-5-7-16-6-3-4-8-19(16)20/h3-12,23H,13-15H2,1-2H3. The summed E-state index contributed by atoms with van der Waals surface area (Å²) in [6, 6.07) is 18.6. The molecular weight excluding hydrogens is 322 g/mol. The first-order valence-corrected chi connectivity index (χ1v) is 8.91. The summed E-state index contributed by atoms with van der Waals surface area (Å²) in [5.74, 6) is 0.0569. The van der Waals surface area contributed by atoms with E-state index in [0.29, 0.717) is 18.8 Å². The second-order valence-corrected chi connectivity index (χ2v) is 7.08. The average Bonchev–Trinajstić information content (AvgIpc) is 3.30. The van der Waals surface area contributed by atoms with E-state index in [1.807, 2.05) is 31.1 Å². The van der Waals surface area contributed by atoms with Crippen molar-refractivity contribution < 1.29 is 4.79 Å². The number of carbonyl (C=O) groups is 1. The highest BCUT2D eigenvalue weighted by atomic mass is 16.2. The van der Waals surface area contributed by atoms with Crippen LogP contribution in [0.25, 0.3) is 16.3 Å². The zero-order valence-electron chi connectivity index (χ0n) is 15.2. The molecule has 0 aliphatic carbocycles. The van der Waals surface area contributed by atoms with E-state index >= 15 is 0 Å². The fourth-order valence-corrected chi connectivity index (χ4v) is 3.58. The van der Waals surface area contributed by atoms with Crippen LogP contribution in [0.4, 0.5) is 0 Å². The van der Waals surface area contributed by atoms with Crippen molar-refractivity contribution in [1.82, 2.24) is 14.8 Å². The van der Waals surface area contributed by atoms with Crippen molar-refractivity contribution in [2.24, 2.45) is 0 Å². The molecule has 1 amide bonds. The molecule has 1 aliphatic rings. The number of H-pyrrole nitrogens is 1. The molecule has 0 bridgehead atoms. The first kappa shape index (κ1) is 16.6. The third-order valence-electron chi connectivity index (χ3n) is 4.81. The fourth-order valence-electron chi connectivity index (χ4n) is 3.58. The monoisotopic (exact) mass is 345 g/mol. The second kappa shape index (κ2) is 6.81. The van der Waals surface area contributed by atoms with Gasteiger partial charge in [-0.05, 0) is 48.1 Å². The molecule has 1 N–H and O–H groups in total. The summed E-state index contributed by atoms with van der Waals surface area (Å²) >= 11 is 0. The Labute approximate surface area is 153 Å². The Morgan fingerprint density at radius 1 is 1.08 bits per heavy atom. The number of aromatic nitrogens is 1. The number of benzene rings is 2. The van der Waals surface area contributed by atoms with Crippen LogP contribution in [0.15, 0.2) is 60.7 Å². The molecule has 2 heterocycles. The maximum Gasteiger partial charge on any atom is 0.270 e. The minimum absolute atomic E-state index is 0.0569. The second-order valence-electron chi connectivity index (χ2n) is 7.08. The Morgan fingerprint density at radius 2 is 1.88 bits per heavy atom. The van der Waals surface area contributed by atoms with E-state index in [2.05, 4.69) is 58.4 Å². The van der Waals surface area contributed by atoms with Gasteiger partial charge in [-0.3, -0.25) is 4.79 Å². The molecule has 0 radical (unpaired) electrons. The SMILES string of the molecule is CN(C)Cc1ccc(C(=O)N2CC=C(c3cccc4ccccc34)C2)[nH]1. The minimum Gasteiger partial charge on any atom is -0.353 e.